The highest BCUT2D eigenvalue weighted by Crippen LogP contribution is 2.15. The van der Waals surface area contributed by atoms with Crippen molar-refractivity contribution in [3.63, 3.8) is 0 Å². The lowest BCUT2D eigenvalue weighted by Gasteiger charge is -2.15. The van der Waals surface area contributed by atoms with Gasteiger partial charge in [-0.3, -0.25) is 9.59 Å². The third-order valence-electron chi connectivity index (χ3n) is 3.57. The number of methoxy groups -OCH3 is 1. The van der Waals surface area contributed by atoms with Crippen LogP contribution in [0, 0.1) is 0 Å². The van der Waals surface area contributed by atoms with Gasteiger partial charge < -0.3 is 20.5 Å². The van der Waals surface area contributed by atoms with E-state index < -0.39 is 11.9 Å². The number of amides is 2. The molecule has 0 aliphatic carbocycles. The van der Waals surface area contributed by atoms with Crippen molar-refractivity contribution in [2.75, 3.05) is 13.7 Å². The van der Waals surface area contributed by atoms with Gasteiger partial charge in [0.2, 0.25) is 11.8 Å². The van der Waals surface area contributed by atoms with Crippen LogP contribution in [0.15, 0.2) is 54.6 Å². The summed E-state index contributed by atoms with van der Waals surface area (Å²) in [5, 5.41) is 2.56. The van der Waals surface area contributed by atoms with Gasteiger partial charge >= 0.3 is 0 Å². The molecule has 0 aliphatic rings. The van der Waals surface area contributed by atoms with Gasteiger partial charge in [-0.1, -0.05) is 42.5 Å². The SMILES string of the molecule is COCC(=O)N[C@H](Cc1ccc(OCc2ccccc2)cc1)C(N)=O. The van der Waals surface area contributed by atoms with Crippen molar-refractivity contribution in [2.24, 2.45) is 5.73 Å². The van der Waals surface area contributed by atoms with Crippen LogP contribution in [-0.2, 0) is 27.4 Å². The number of rotatable bonds is 9. The molecule has 0 fully saturated rings. The molecule has 0 unspecified atom stereocenters. The number of ether oxygens (including phenoxy) is 2. The Bertz CT molecular complexity index is 686. The van der Waals surface area contributed by atoms with Gasteiger partial charge in [-0.2, -0.15) is 0 Å². The predicted molar refractivity (Wildman–Crippen MR) is 93.9 cm³/mol. The zero-order valence-corrected chi connectivity index (χ0v) is 14.1. The lowest BCUT2D eigenvalue weighted by molar-refractivity contribution is -0.129. The molecule has 25 heavy (non-hydrogen) atoms. The van der Waals surface area contributed by atoms with E-state index in [2.05, 4.69) is 5.32 Å². The summed E-state index contributed by atoms with van der Waals surface area (Å²) in [6.45, 7) is 0.368. The maximum Gasteiger partial charge on any atom is 0.246 e. The minimum absolute atomic E-state index is 0.115. The van der Waals surface area contributed by atoms with Crippen LogP contribution in [-0.4, -0.2) is 31.6 Å². The highest BCUT2D eigenvalue weighted by atomic mass is 16.5. The first-order chi connectivity index (χ1) is 12.1. The standard InChI is InChI=1S/C19H22N2O4/c1-24-13-18(22)21-17(19(20)23)11-14-7-9-16(10-8-14)25-12-15-5-3-2-4-6-15/h2-10,17H,11-13H2,1H3,(H2,20,23)(H,21,22)/t17-/m1/s1. The topological polar surface area (TPSA) is 90.7 Å². The summed E-state index contributed by atoms with van der Waals surface area (Å²) in [5.74, 6) is -0.241. The summed E-state index contributed by atoms with van der Waals surface area (Å²) >= 11 is 0. The maximum atomic E-state index is 11.6. The van der Waals surface area contributed by atoms with Gasteiger partial charge in [-0.05, 0) is 23.3 Å². The van der Waals surface area contributed by atoms with Gasteiger partial charge in [-0.15, -0.1) is 0 Å². The lowest BCUT2D eigenvalue weighted by atomic mass is 10.1. The fourth-order valence-electron chi connectivity index (χ4n) is 2.29. The monoisotopic (exact) mass is 342 g/mol. The molecule has 6 nitrogen and oxygen atoms in total. The molecule has 0 bridgehead atoms. The average Bonchev–Trinajstić information content (AvgIpc) is 2.61. The van der Waals surface area contributed by atoms with E-state index in [4.69, 9.17) is 15.2 Å². The smallest absolute Gasteiger partial charge is 0.246 e. The molecule has 0 spiro atoms. The molecule has 0 heterocycles. The molecule has 0 saturated carbocycles. The summed E-state index contributed by atoms with van der Waals surface area (Å²) in [7, 11) is 1.41. The second kappa shape index (κ2) is 9.44. The molecule has 6 heteroatoms. The molecule has 2 amide bonds. The molecule has 0 saturated heterocycles. The van der Waals surface area contributed by atoms with Crippen molar-refractivity contribution < 1.29 is 19.1 Å². The molecule has 0 aliphatic heterocycles. The minimum atomic E-state index is -0.779. The maximum absolute atomic E-state index is 11.6. The number of hydrogen-bond acceptors (Lipinski definition) is 4. The molecule has 0 radical (unpaired) electrons. The van der Waals surface area contributed by atoms with E-state index in [-0.39, 0.29) is 12.5 Å². The molecule has 2 aromatic rings. The van der Waals surface area contributed by atoms with Crippen LogP contribution in [0.2, 0.25) is 0 Å². The number of carbonyl (C=O) groups excluding carboxylic acids is 2. The Balaban J connectivity index is 1.91. The van der Waals surface area contributed by atoms with Gasteiger partial charge in [0.05, 0.1) is 0 Å². The van der Waals surface area contributed by atoms with Crippen LogP contribution in [0.4, 0.5) is 0 Å². The van der Waals surface area contributed by atoms with Crippen molar-refractivity contribution >= 4 is 11.8 Å². The van der Waals surface area contributed by atoms with Gasteiger partial charge in [0, 0.05) is 13.5 Å². The summed E-state index contributed by atoms with van der Waals surface area (Å²) in [5.41, 5.74) is 7.31. The van der Waals surface area contributed by atoms with Crippen molar-refractivity contribution in [3.8, 4) is 5.75 Å². The summed E-state index contributed by atoms with van der Waals surface area (Å²) in [6.07, 6.45) is 0.309. The average molecular weight is 342 g/mol. The van der Waals surface area contributed by atoms with Crippen molar-refractivity contribution in [1.82, 2.24) is 5.32 Å². The summed E-state index contributed by atoms with van der Waals surface area (Å²) in [4.78, 5) is 23.1. The first kappa shape index (κ1) is 18.5. The minimum Gasteiger partial charge on any atom is -0.489 e. The van der Waals surface area contributed by atoms with Crippen molar-refractivity contribution in [2.45, 2.75) is 19.1 Å². The molecule has 132 valence electrons. The zero-order valence-electron chi connectivity index (χ0n) is 14.1. The van der Waals surface area contributed by atoms with Crippen LogP contribution >= 0.6 is 0 Å². The first-order valence-corrected chi connectivity index (χ1v) is 7.91. The number of carbonyl (C=O) groups is 2. The number of nitrogens with two attached hydrogens (primary N) is 1. The number of benzene rings is 2. The molecule has 1 atom stereocenters. The fraction of sp³-hybridized carbons (Fsp3) is 0.263. The van der Waals surface area contributed by atoms with E-state index in [1.165, 1.54) is 7.11 Å². The predicted octanol–water partition coefficient (Wildman–Crippen LogP) is 1.42. The quantitative estimate of drug-likeness (QED) is 0.721. The Morgan fingerprint density at radius 2 is 1.72 bits per heavy atom. The van der Waals surface area contributed by atoms with Gasteiger partial charge in [0.25, 0.3) is 0 Å². The highest BCUT2D eigenvalue weighted by Gasteiger charge is 2.18. The third-order valence-corrected chi connectivity index (χ3v) is 3.57. The number of primary amides is 1. The van der Waals surface area contributed by atoms with Crippen molar-refractivity contribution in [3.05, 3.63) is 65.7 Å². The second-order valence-corrected chi connectivity index (χ2v) is 5.58. The molecule has 3 N–H and O–H groups in total. The zero-order chi connectivity index (χ0) is 18.1. The molecule has 2 rings (SSSR count). The van der Waals surface area contributed by atoms with E-state index >= 15 is 0 Å². The summed E-state index contributed by atoms with van der Waals surface area (Å²) < 4.78 is 10.5. The Morgan fingerprint density at radius 1 is 1.04 bits per heavy atom. The van der Waals surface area contributed by atoms with Gasteiger partial charge in [0.1, 0.15) is 25.0 Å². The molecular formula is C19H22N2O4. The van der Waals surface area contributed by atoms with E-state index in [9.17, 15) is 9.59 Å². The largest absolute Gasteiger partial charge is 0.489 e. The van der Waals surface area contributed by atoms with Crippen LogP contribution in [0.25, 0.3) is 0 Å². The molecule has 2 aromatic carbocycles. The second-order valence-electron chi connectivity index (χ2n) is 5.58. The Morgan fingerprint density at radius 3 is 2.32 bits per heavy atom. The third kappa shape index (κ3) is 6.27. The van der Waals surface area contributed by atoms with Crippen LogP contribution in [0.5, 0.6) is 5.75 Å². The van der Waals surface area contributed by atoms with E-state index in [0.29, 0.717) is 13.0 Å². The number of hydrogen-bond donors (Lipinski definition) is 2. The number of nitrogens with one attached hydrogen (secondary N) is 1. The Hall–Kier alpha value is -2.86. The highest BCUT2D eigenvalue weighted by molar-refractivity contribution is 5.87. The van der Waals surface area contributed by atoms with Crippen LogP contribution in [0.3, 0.4) is 0 Å². The van der Waals surface area contributed by atoms with Crippen molar-refractivity contribution in [1.29, 1.82) is 0 Å². The van der Waals surface area contributed by atoms with Gasteiger partial charge in [-0.25, -0.2) is 0 Å². The van der Waals surface area contributed by atoms with E-state index in [1.807, 2.05) is 54.6 Å². The fourth-order valence-corrected chi connectivity index (χ4v) is 2.29. The molecular weight excluding hydrogens is 320 g/mol. The van der Waals surface area contributed by atoms with E-state index in [1.54, 1.807) is 0 Å². The Labute approximate surface area is 146 Å². The van der Waals surface area contributed by atoms with Gasteiger partial charge in [0.15, 0.2) is 0 Å². The Kier molecular flexibility index (Phi) is 6.98. The van der Waals surface area contributed by atoms with Crippen LogP contribution in [0.1, 0.15) is 11.1 Å². The first-order valence-electron chi connectivity index (χ1n) is 7.91. The molecule has 0 aromatic heterocycles. The van der Waals surface area contributed by atoms with E-state index in [0.717, 1.165) is 16.9 Å². The normalized spacial score (nSPS) is 11.6. The van der Waals surface area contributed by atoms with Crippen LogP contribution < -0.4 is 15.8 Å². The summed E-state index contributed by atoms with van der Waals surface area (Å²) in [6, 6.07) is 16.4. The lowest BCUT2D eigenvalue weighted by Crippen LogP contribution is -2.46.